The highest BCUT2D eigenvalue weighted by Gasteiger charge is 2.14. The van der Waals surface area contributed by atoms with E-state index < -0.39 is 10.8 Å². The Hall–Kier alpha value is -3.59. The first-order valence-corrected chi connectivity index (χ1v) is 8.69. The molecule has 0 unspecified atom stereocenters. The molecule has 0 fully saturated rings. The van der Waals surface area contributed by atoms with Crippen LogP contribution in [0.1, 0.15) is 26.3 Å². The maximum atomic E-state index is 12.3. The summed E-state index contributed by atoms with van der Waals surface area (Å²) in [4.78, 5) is 38.8. The third kappa shape index (κ3) is 4.33. The summed E-state index contributed by atoms with van der Waals surface area (Å²) >= 11 is 1.32. The van der Waals surface area contributed by atoms with E-state index in [4.69, 9.17) is 0 Å². The number of aromatic nitrogens is 1. The van der Waals surface area contributed by atoms with Gasteiger partial charge in [-0.1, -0.05) is 0 Å². The van der Waals surface area contributed by atoms with Crippen molar-refractivity contribution in [1.29, 1.82) is 0 Å². The quantitative estimate of drug-likeness (QED) is 0.514. The van der Waals surface area contributed by atoms with Crippen molar-refractivity contribution in [3.8, 4) is 0 Å². The van der Waals surface area contributed by atoms with E-state index in [1.165, 1.54) is 29.5 Å². The van der Waals surface area contributed by atoms with Crippen LogP contribution >= 0.6 is 11.3 Å². The first-order chi connectivity index (χ1) is 12.9. The summed E-state index contributed by atoms with van der Waals surface area (Å²) in [5.74, 6) is -0.693. The van der Waals surface area contributed by atoms with Crippen LogP contribution in [0.4, 0.5) is 16.5 Å². The molecule has 3 aromatic rings. The summed E-state index contributed by atoms with van der Waals surface area (Å²) in [5.41, 5.74) is 1.60. The fourth-order valence-electron chi connectivity index (χ4n) is 2.36. The van der Waals surface area contributed by atoms with Crippen LogP contribution in [0.5, 0.6) is 0 Å². The molecule has 0 aliphatic rings. The van der Waals surface area contributed by atoms with Crippen molar-refractivity contribution in [2.75, 3.05) is 10.6 Å². The Bertz CT molecular complexity index is 1000. The minimum atomic E-state index is -0.494. The van der Waals surface area contributed by atoms with Gasteiger partial charge in [-0.2, -0.15) is 0 Å². The van der Waals surface area contributed by atoms with Crippen molar-refractivity contribution in [2.45, 2.75) is 6.92 Å². The first-order valence-electron chi connectivity index (χ1n) is 7.81. The van der Waals surface area contributed by atoms with Gasteiger partial charge in [-0.25, -0.2) is 4.98 Å². The van der Waals surface area contributed by atoms with E-state index in [1.807, 2.05) is 0 Å². The number of hydrogen-bond acceptors (Lipinski definition) is 6. The Morgan fingerprint density at radius 1 is 1.04 bits per heavy atom. The van der Waals surface area contributed by atoms with Crippen LogP contribution in [0.2, 0.25) is 0 Å². The molecule has 0 aliphatic carbocycles. The number of aryl methyl sites for hydroxylation is 1. The molecule has 0 radical (unpaired) electrons. The number of carbonyl (C=O) groups excluding carboxylic acids is 2. The molecular weight excluding hydrogens is 368 g/mol. The van der Waals surface area contributed by atoms with Crippen LogP contribution in [0, 0.1) is 17.0 Å². The number of hydrogen-bond donors (Lipinski definition) is 2. The summed E-state index contributed by atoms with van der Waals surface area (Å²) < 4.78 is 0. The lowest BCUT2D eigenvalue weighted by atomic mass is 10.1. The lowest BCUT2D eigenvalue weighted by Gasteiger charge is -2.07. The lowest BCUT2D eigenvalue weighted by Crippen LogP contribution is -2.14. The summed E-state index contributed by atoms with van der Waals surface area (Å²) in [6.45, 7) is 1.57. The van der Waals surface area contributed by atoms with Crippen molar-refractivity contribution in [3.63, 3.8) is 0 Å². The van der Waals surface area contributed by atoms with Gasteiger partial charge in [-0.3, -0.25) is 25.0 Å². The van der Waals surface area contributed by atoms with Gasteiger partial charge in [0.2, 0.25) is 0 Å². The minimum absolute atomic E-state index is 0.0397. The van der Waals surface area contributed by atoms with Gasteiger partial charge in [0, 0.05) is 40.0 Å². The predicted molar refractivity (Wildman–Crippen MR) is 102 cm³/mol. The van der Waals surface area contributed by atoms with Gasteiger partial charge in [0.25, 0.3) is 17.5 Å². The van der Waals surface area contributed by atoms with Crippen molar-refractivity contribution in [2.24, 2.45) is 0 Å². The highest BCUT2D eigenvalue weighted by Crippen LogP contribution is 2.20. The van der Waals surface area contributed by atoms with E-state index in [1.54, 1.807) is 42.8 Å². The maximum Gasteiger partial charge on any atom is 0.272 e. The van der Waals surface area contributed by atoms with Crippen LogP contribution in [-0.2, 0) is 0 Å². The van der Waals surface area contributed by atoms with Gasteiger partial charge >= 0.3 is 0 Å². The van der Waals surface area contributed by atoms with E-state index in [2.05, 4.69) is 15.6 Å². The zero-order valence-electron chi connectivity index (χ0n) is 14.1. The third-order valence-corrected chi connectivity index (χ3v) is 4.40. The number of nitro benzene ring substituents is 1. The fourth-order valence-corrected chi connectivity index (χ4v) is 2.89. The molecule has 2 aromatic carbocycles. The molecular formula is C18H14N4O4S. The second-order valence-electron chi connectivity index (χ2n) is 5.58. The number of carbonyl (C=O) groups is 2. The molecule has 1 heterocycles. The summed E-state index contributed by atoms with van der Waals surface area (Å²) in [6, 6.07) is 10.5. The first kappa shape index (κ1) is 18.2. The smallest absolute Gasteiger partial charge is 0.272 e. The van der Waals surface area contributed by atoms with Crippen molar-refractivity contribution in [3.05, 3.63) is 80.8 Å². The van der Waals surface area contributed by atoms with Crippen molar-refractivity contribution >= 4 is 39.7 Å². The second-order valence-corrected chi connectivity index (χ2v) is 6.48. The van der Waals surface area contributed by atoms with E-state index in [-0.39, 0.29) is 11.6 Å². The van der Waals surface area contributed by atoms with Gasteiger partial charge in [0.1, 0.15) is 0 Å². The zero-order chi connectivity index (χ0) is 19.4. The zero-order valence-corrected chi connectivity index (χ0v) is 14.9. The molecule has 2 N–H and O–H groups in total. The SMILES string of the molecule is Cc1cc(C(=O)Nc2ccc(C(=O)Nc3nccs3)cc2)ccc1[N+](=O)[O-]. The maximum absolute atomic E-state index is 12.3. The Morgan fingerprint density at radius 2 is 1.70 bits per heavy atom. The number of anilines is 2. The highest BCUT2D eigenvalue weighted by molar-refractivity contribution is 7.13. The molecule has 0 bridgehead atoms. The monoisotopic (exact) mass is 382 g/mol. The average molecular weight is 382 g/mol. The number of nitrogens with one attached hydrogen (secondary N) is 2. The predicted octanol–water partition coefficient (Wildman–Crippen LogP) is 3.86. The lowest BCUT2D eigenvalue weighted by molar-refractivity contribution is -0.385. The molecule has 136 valence electrons. The standard InChI is InChI=1S/C18H14N4O4S/c1-11-10-13(4-7-15(11)22(25)26)17(24)20-14-5-2-12(3-6-14)16(23)21-18-19-8-9-27-18/h2-10H,1H3,(H,20,24)(H,19,21,23). The summed E-state index contributed by atoms with van der Waals surface area (Å²) in [5, 5.41) is 18.5. The van der Waals surface area contributed by atoms with E-state index in [0.717, 1.165) is 0 Å². The van der Waals surface area contributed by atoms with Gasteiger partial charge in [0.05, 0.1) is 4.92 Å². The number of thiazole rings is 1. The van der Waals surface area contributed by atoms with Crippen LogP contribution < -0.4 is 10.6 Å². The molecule has 3 rings (SSSR count). The number of benzene rings is 2. The molecule has 27 heavy (non-hydrogen) atoms. The Labute approximate surface area is 158 Å². The molecule has 0 saturated heterocycles. The third-order valence-electron chi connectivity index (χ3n) is 3.71. The van der Waals surface area contributed by atoms with E-state index in [0.29, 0.717) is 27.5 Å². The van der Waals surface area contributed by atoms with Gasteiger partial charge in [-0.05, 0) is 43.3 Å². The van der Waals surface area contributed by atoms with Crippen molar-refractivity contribution < 1.29 is 14.5 Å². The van der Waals surface area contributed by atoms with E-state index in [9.17, 15) is 19.7 Å². The molecule has 0 spiro atoms. The largest absolute Gasteiger partial charge is 0.322 e. The summed E-state index contributed by atoms with van der Waals surface area (Å²) in [7, 11) is 0. The summed E-state index contributed by atoms with van der Waals surface area (Å²) in [6.07, 6.45) is 1.60. The fraction of sp³-hybridized carbons (Fsp3) is 0.0556. The van der Waals surface area contributed by atoms with Crippen LogP contribution in [-0.4, -0.2) is 21.7 Å². The van der Waals surface area contributed by atoms with Crippen LogP contribution in [0.25, 0.3) is 0 Å². The molecule has 0 saturated carbocycles. The highest BCUT2D eigenvalue weighted by atomic mass is 32.1. The Balaban J connectivity index is 1.67. The van der Waals surface area contributed by atoms with Gasteiger partial charge in [0.15, 0.2) is 5.13 Å². The van der Waals surface area contributed by atoms with Crippen LogP contribution in [0.3, 0.4) is 0 Å². The number of nitro groups is 1. The molecule has 2 amide bonds. The Kier molecular flexibility index (Phi) is 5.23. The number of rotatable bonds is 5. The van der Waals surface area contributed by atoms with Gasteiger partial charge < -0.3 is 5.32 Å². The number of nitrogens with zero attached hydrogens (tertiary/aromatic N) is 2. The molecule has 0 aliphatic heterocycles. The Morgan fingerprint density at radius 3 is 2.30 bits per heavy atom. The molecule has 0 atom stereocenters. The number of amides is 2. The average Bonchev–Trinajstić information content (AvgIpc) is 3.14. The minimum Gasteiger partial charge on any atom is -0.322 e. The second kappa shape index (κ2) is 7.75. The topological polar surface area (TPSA) is 114 Å². The van der Waals surface area contributed by atoms with Gasteiger partial charge in [-0.15, -0.1) is 11.3 Å². The van der Waals surface area contributed by atoms with Crippen molar-refractivity contribution in [1.82, 2.24) is 4.98 Å². The molecule has 8 nitrogen and oxygen atoms in total. The van der Waals surface area contributed by atoms with E-state index >= 15 is 0 Å². The molecule has 1 aromatic heterocycles. The van der Waals surface area contributed by atoms with Crippen LogP contribution in [0.15, 0.2) is 54.0 Å². The molecule has 9 heteroatoms. The normalized spacial score (nSPS) is 10.3.